The fraction of sp³-hybridized carbons (Fsp3) is 0.588. The molecule has 1 aromatic carbocycles. The van der Waals surface area contributed by atoms with Gasteiger partial charge in [0.2, 0.25) is 0 Å². The van der Waals surface area contributed by atoms with Crippen LogP contribution in [0.1, 0.15) is 49.8 Å². The van der Waals surface area contributed by atoms with Gasteiger partial charge in [-0.2, -0.15) is 18.2 Å². The molecule has 0 saturated heterocycles. The second-order valence-electron chi connectivity index (χ2n) is 6.53. The van der Waals surface area contributed by atoms with Gasteiger partial charge in [0.25, 0.3) is 0 Å². The number of benzene rings is 1. The molecule has 0 aromatic heterocycles. The molecule has 0 spiro atoms. The van der Waals surface area contributed by atoms with E-state index < -0.39 is 23.9 Å². The Morgan fingerprint density at radius 1 is 1.36 bits per heavy atom. The molecule has 1 aliphatic heterocycles. The van der Waals surface area contributed by atoms with Gasteiger partial charge in [-0.1, -0.05) is 6.92 Å². The molecule has 5 nitrogen and oxygen atoms in total. The van der Waals surface area contributed by atoms with E-state index in [9.17, 15) is 18.0 Å². The minimum atomic E-state index is -4.45. The second kappa shape index (κ2) is 6.74. The van der Waals surface area contributed by atoms with Crippen LogP contribution in [-0.4, -0.2) is 18.8 Å². The number of nitrogens with zero attached hydrogens (tertiary/aromatic N) is 1. The summed E-state index contributed by atoms with van der Waals surface area (Å²) >= 11 is 0. The van der Waals surface area contributed by atoms with Gasteiger partial charge in [-0.15, -0.1) is 0 Å². The highest BCUT2D eigenvalue weighted by atomic mass is 19.4. The van der Waals surface area contributed by atoms with Gasteiger partial charge >= 0.3 is 12.3 Å². The van der Waals surface area contributed by atoms with Gasteiger partial charge < -0.3 is 15.3 Å². The van der Waals surface area contributed by atoms with Crippen LogP contribution < -0.4 is 10.8 Å². The Bertz CT molecular complexity index is 647. The molecule has 2 atom stereocenters. The molecule has 1 saturated carbocycles. The lowest BCUT2D eigenvalue weighted by atomic mass is 9.89. The monoisotopic (exact) mass is 358 g/mol. The summed E-state index contributed by atoms with van der Waals surface area (Å²) in [6.07, 6.45) is -2.26. The highest BCUT2D eigenvalue weighted by molar-refractivity contribution is 5.65. The molecular formula is C17H21F3N2O3. The third kappa shape index (κ3) is 3.84. The number of anilines is 1. The third-order valence-corrected chi connectivity index (χ3v) is 4.55. The summed E-state index contributed by atoms with van der Waals surface area (Å²) in [7, 11) is 0. The SMILES string of the molecule is CCCOC(=O)ON1c2ccc(C(F)(F)F)cc2[C@@H](N)C[C@H]1C1CC1. The number of rotatable bonds is 4. The molecule has 1 aromatic rings. The summed E-state index contributed by atoms with van der Waals surface area (Å²) in [5, 5.41) is 1.40. The molecule has 0 unspecified atom stereocenters. The Hall–Kier alpha value is -1.96. The summed E-state index contributed by atoms with van der Waals surface area (Å²) in [6, 6.07) is 2.66. The molecule has 25 heavy (non-hydrogen) atoms. The maximum Gasteiger partial charge on any atom is 0.533 e. The molecule has 8 heteroatoms. The molecule has 1 fully saturated rings. The van der Waals surface area contributed by atoms with Crippen molar-refractivity contribution in [1.82, 2.24) is 0 Å². The molecule has 1 aliphatic carbocycles. The van der Waals surface area contributed by atoms with E-state index in [0.717, 1.165) is 25.0 Å². The molecule has 1 heterocycles. The lowest BCUT2D eigenvalue weighted by Crippen LogP contribution is -2.45. The number of nitrogens with two attached hydrogens (primary N) is 1. The van der Waals surface area contributed by atoms with Gasteiger partial charge in [0.1, 0.15) is 0 Å². The first-order valence-corrected chi connectivity index (χ1v) is 8.42. The quantitative estimate of drug-likeness (QED) is 0.819. The number of hydroxylamine groups is 1. The summed E-state index contributed by atoms with van der Waals surface area (Å²) in [6.45, 7) is 2.08. The maximum absolute atomic E-state index is 13.0. The Morgan fingerprint density at radius 2 is 2.08 bits per heavy atom. The van der Waals surface area contributed by atoms with E-state index in [1.807, 2.05) is 6.92 Å². The molecule has 0 radical (unpaired) electrons. The highest BCUT2D eigenvalue weighted by Gasteiger charge is 2.44. The fourth-order valence-electron chi connectivity index (χ4n) is 3.16. The van der Waals surface area contributed by atoms with Crippen LogP contribution in [0.2, 0.25) is 0 Å². The van der Waals surface area contributed by atoms with Crippen molar-refractivity contribution in [3.05, 3.63) is 29.3 Å². The van der Waals surface area contributed by atoms with Gasteiger partial charge in [-0.25, -0.2) is 4.79 Å². The van der Waals surface area contributed by atoms with E-state index in [1.165, 1.54) is 11.1 Å². The molecule has 0 amide bonds. The van der Waals surface area contributed by atoms with Crippen LogP contribution in [0, 0.1) is 5.92 Å². The Kier molecular flexibility index (Phi) is 4.81. The molecular weight excluding hydrogens is 337 g/mol. The number of hydrogen-bond acceptors (Lipinski definition) is 5. The Morgan fingerprint density at radius 3 is 2.68 bits per heavy atom. The highest BCUT2D eigenvalue weighted by Crippen LogP contribution is 2.46. The average molecular weight is 358 g/mol. The smallest absolute Gasteiger partial charge is 0.433 e. The topological polar surface area (TPSA) is 64.8 Å². The van der Waals surface area contributed by atoms with Crippen LogP contribution in [0.5, 0.6) is 0 Å². The largest absolute Gasteiger partial charge is 0.533 e. The maximum atomic E-state index is 13.0. The van der Waals surface area contributed by atoms with E-state index >= 15 is 0 Å². The summed E-state index contributed by atoms with van der Waals surface area (Å²) in [5.41, 5.74) is 6.09. The first kappa shape index (κ1) is 17.8. The zero-order valence-corrected chi connectivity index (χ0v) is 13.9. The normalized spacial score (nSPS) is 23.2. The van der Waals surface area contributed by atoms with Crippen molar-refractivity contribution in [3.63, 3.8) is 0 Å². The predicted molar refractivity (Wildman–Crippen MR) is 84.7 cm³/mol. The average Bonchev–Trinajstić information content (AvgIpc) is 3.39. The van der Waals surface area contributed by atoms with Crippen LogP contribution in [0.3, 0.4) is 0 Å². The minimum Gasteiger partial charge on any atom is -0.433 e. The van der Waals surface area contributed by atoms with Gasteiger partial charge in [0.15, 0.2) is 0 Å². The number of ether oxygens (including phenoxy) is 1. The van der Waals surface area contributed by atoms with E-state index in [1.54, 1.807) is 0 Å². The zero-order chi connectivity index (χ0) is 18.2. The number of carbonyl (C=O) groups excluding carboxylic acids is 1. The van der Waals surface area contributed by atoms with Crippen molar-refractivity contribution in [2.75, 3.05) is 11.7 Å². The molecule has 0 bridgehead atoms. The van der Waals surface area contributed by atoms with E-state index in [0.29, 0.717) is 30.0 Å². The number of fused-ring (bicyclic) bond motifs is 1. The Labute approximate surface area is 143 Å². The third-order valence-electron chi connectivity index (χ3n) is 4.55. The number of halogens is 3. The molecule has 2 aliphatic rings. The summed E-state index contributed by atoms with van der Waals surface area (Å²) in [4.78, 5) is 17.2. The number of carbonyl (C=O) groups is 1. The second-order valence-corrected chi connectivity index (χ2v) is 6.53. The van der Waals surface area contributed by atoms with E-state index in [4.69, 9.17) is 15.3 Å². The predicted octanol–water partition coefficient (Wildman–Crippen LogP) is 4.17. The van der Waals surface area contributed by atoms with Crippen molar-refractivity contribution < 1.29 is 27.5 Å². The van der Waals surface area contributed by atoms with Crippen LogP contribution in [0.15, 0.2) is 18.2 Å². The Balaban J connectivity index is 1.91. The van der Waals surface area contributed by atoms with Crippen molar-refractivity contribution in [2.24, 2.45) is 11.7 Å². The van der Waals surface area contributed by atoms with E-state index in [2.05, 4.69) is 0 Å². The molecule has 2 N–H and O–H groups in total. The van der Waals surface area contributed by atoms with Crippen molar-refractivity contribution in [3.8, 4) is 0 Å². The minimum absolute atomic E-state index is 0.145. The number of hydrogen-bond donors (Lipinski definition) is 1. The summed E-state index contributed by atoms with van der Waals surface area (Å²) < 4.78 is 43.9. The lowest BCUT2D eigenvalue weighted by Gasteiger charge is -2.39. The van der Waals surface area contributed by atoms with E-state index in [-0.39, 0.29) is 12.6 Å². The van der Waals surface area contributed by atoms with Crippen molar-refractivity contribution in [2.45, 2.75) is 50.9 Å². The van der Waals surface area contributed by atoms with Crippen LogP contribution in [0.4, 0.5) is 23.7 Å². The fourth-order valence-corrected chi connectivity index (χ4v) is 3.16. The zero-order valence-electron chi connectivity index (χ0n) is 13.9. The van der Waals surface area contributed by atoms with Crippen molar-refractivity contribution in [1.29, 1.82) is 0 Å². The standard InChI is InChI=1S/C17H21F3N2O3/c1-2-7-24-16(23)25-22-14-6-5-11(17(18,19)20)8-12(14)13(21)9-15(22)10-3-4-10/h5-6,8,10,13,15H,2-4,7,9,21H2,1H3/t13-,15-/m0/s1. The first-order chi connectivity index (χ1) is 11.8. The van der Waals surface area contributed by atoms with Gasteiger partial charge in [0, 0.05) is 6.04 Å². The molecule has 138 valence electrons. The summed E-state index contributed by atoms with van der Waals surface area (Å²) in [5.74, 6) is 0.320. The van der Waals surface area contributed by atoms with Crippen LogP contribution in [-0.2, 0) is 15.8 Å². The van der Waals surface area contributed by atoms with Gasteiger partial charge in [-0.05, 0) is 55.4 Å². The first-order valence-electron chi connectivity index (χ1n) is 8.42. The lowest BCUT2D eigenvalue weighted by molar-refractivity contribution is -0.137. The van der Waals surface area contributed by atoms with Crippen LogP contribution >= 0.6 is 0 Å². The molecule has 3 rings (SSSR count). The van der Waals surface area contributed by atoms with Gasteiger partial charge in [0.05, 0.1) is 23.9 Å². The van der Waals surface area contributed by atoms with Crippen molar-refractivity contribution >= 4 is 11.8 Å². The van der Waals surface area contributed by atoms with Crippen LogP contribution in [0.25, 0.3) is 0 Å². The number of alkyl halides is 3. The van der Waals surface area contributed by atoms with Gasteiger partial charge in [-0.3, -0.25) is 0 Å².